The largest absolute Gasteiger partial charge is 0.312 e. The van der Waals surface area contributed by atoms with Gasteiger partial charge in [-0.2, -0.15) is 0 Å². The lowest BCUT2D eigenvalue weighted by Crippen LogP contribution is -2.50. The molecule has 0 N–H and O–H groups in total. The molecule has 45 heavy (non-hydrogen) atoms. The van der Waals surface area contributed by atoms with Crippen molar-refractivity contribution in [2.24, 2.45) is 5.92 Å². The highest BCUT2D eigenvalue weighted by Crippen LogP contribution is 2.66. The second-order valence-corrected chi connectivity index (χ2v) is 14.8. The number of rotatable bonds is 3. The van der Waals surface area contributed by atoms with Gasteiger partial charge in [-0.25, -0.2) is 9.97 Å². The molecule has 222 valence electrons. The molecule has 4 aliphatic rings. The lowest BCUT2D eigenvalue weighted by molar-refractivity contribution is 0.335. The summed E-state index contributed by atoms with van der Waals surface area (Å²) in [6.45, 7) is 14.6. The van der Waals surface area contributed by atoms with Gasteiger partial charge in [-0.3, -0.25) is 4.90 Å². The highest BCUT2D eigenvalue weighted by atomic mass is 15.2. The van der Waals surface area contributed by atoms with Crippen molar-refractivity contribution in [1.82, 2.24) is 9.97 Å². The first-order valence-electron chi connectivity index (χ1n) is 16.2. The molecule has 3 aliphatic heterocycles. The summed E-state index contributed by atoms with van der Waals surface area (Å²) < 4.78 is 0. The molecule has 4 heteroatoms. The first kappa shape index (κ1) is 26.7. The molecule has 5 aromatic rings. The zero-order valence-corrected chi connectivity index (χ0v) is 26.9. The van der Waals surface area contributed by atoms with E-state index < -0.39 is 0 Å². The van der Waals surface area contributed by atoms with Gasteiger partial charge >= 0.3 is 0 Å². The second-order valence-electron chi connectivity index (χ2n) is 14.8. The first-order chi connectivity index (χ1) is 21.6. The molecule has 9 rings (SSSR count). The fourth-order valence-corrected chi connectivity index (χ4v) is 8.86. The maximum atomic E-state index is 5.02. The third kappa shape index (κ3) is 3.32. The number of hydrogen-bond acceptors (Lipinski definition) is 4. The molecule has 0 amide bonds. The van der Waals surface area contributed by atoms with E-state index in [1.165, 1.54) is 44.9 Å². The molecule has 2 aromatic heterocycles. The summed E-state index contributed by atoms with van der Waals surface area (Å²) in [6, 6.07) is 28.6. The number of para-hydroxylation sites is 1. The van der Waals surface area contributed by atoms with Gasteiger partial charge in [0.15, 0.2) is 0 Å². The molecule has 5 heterocycles. The number of pyridine rings is 2. The van der Waals surface area contributed by atoms with Crippen molar-refractivity contribution in [3.63, 3.8) is 0 Å². The number of aromatic nitrogens is 2. The molecule has 0 radical (unpaired) electrons. The Hall–Kier alpha value is -4.70. The summed E-state index contributed by atoms with van der Waals surface area (Å²) in [5.74, 6) is 2.17. The first-order valence-corrected chi connectivity index (χ1v) is 16.2. The summed E-state index contributed by atoms with van der Waals surface area (Å²) in [5.41, 5.74) is 12.0. The number of anilines is 5. The Bertz CT molecular complexity index is 2130. The van der Waals surface area contributed by atoms with E-state index in [4.69, 9.17) is 9.97 Å². The Morgan fingerprint density at radius 1 is 0.711 bits per heavy atom. The molecular weight excluding hydrogens is 548 g/mol. The highest BCUT2D eigenvalue weighted by molar-refractivity contribution is 5.98. The Balaban J connectivity index is 1.40. The maximum absolute atomic E-state index is 5.02. The maximum Gasteiger partial charge on any atom is 0.146 e. The van der Waals surface area contributed by atoms with Crippen LogP contribution in [0.4, 0.5) is 28.7 Å². The van der Waals surface area contributed by atoms with Gasteiger partial charge in [0.05, 0.1) is 11.4 Å². The van der Waals surface area contributed by atoms with Crippen molar-refractivity contribution in [3.8, 4) is 0 Å². The van der Waals surface area contributed by atoms with Gasteiger partial charge in [-0.1, -0.05) is 102 Å². The SMILES string of the molecule is CC1(C)C2=C3C(CC=C2)C(C)(C)c2cccc4c2N3c2c1cc(N(c1ccccn1)c1nccc3ccccc13)cc2C4(C)C. The summed E-state index contributed by atoms with van der Waals surface area (Å²) in [4.78, 5) is 14.9. The number of benzene rings is 3. The molecule has 4 nitrogen and oxygen atoms in total. The average Bonchev–Trinajstić information content (AvgIpc) is 3.04. The summed E-state index contributed by atoms with van der Waals surface area (Å²) in [5, 5.41) is 2.26. The Morgan fingerprint density at radius 2 is 1.44 bits per heavy atom. The van der Waals surface area contributed by atoms with Crippen LogP contribution in [-0.2, 0) is 16.2 Å². The van der Waals surface area contributed by atoms with Crippen molar-refractivity contribution in [2.75, 3.05) is 9.80 Å². The Kier molecular flexibility index (Phi) is 5.17. The van der Waals surface area contributed by atoms with Crippen molar-refractivity contribution in [1.29, 1.82) is 0 Å². The van der Waals surface area contributed by atoms with Crippen LogP contribution in [0.2, 0.25) is 0 Å². The number of hydrogen-bond donors (Lipinski definition) is 0. The third-order valence-corrected chi connectivity index (χ3v) is 11.3. The number of fused-ring (bicyclic) bond motifs is 1. The van der Waals surface area contributed by atoms with Gasteiger partial charge in [0.2, 0.25) is 0 Å². The summed E-state index contributed by atoms with van der Waals surface area (Å²) in [6.07, 6.45) is 9.70. The molecule has 1 atom stereocenters. The standard InChI is InChI=1S/C41H38N4/c1-39(2)28-15-11-17-30-35(28)45-36-29(39)16-12-18-31(36)41(5,6)33-24-26(23-32(37(33)45)40(30,3)4)44(34-19-9-10-21-42-34)38-27-14-8-7-13-25(27)20-22-43-38/h7-15,17-24,29H,16H2,1-6H3. The van der Waals surface area contributed by atoms with Crippen molar-refractivity contribution < 1.29 is 0 Å². The lowest BCUT2D eigenvalue weighted by Gasteiger charge is -2.58. The van der Waals surface area contributed by atoms with Crippen LogP contribution in [0.1, 0.15) is 70.2 Å². The minimum Gasteiger partial charge on any atom is -0.312 e. The van der Waals surface area contributed by atoms with Crippen LogP contribution >= 0.6 is 0 Å². The van der Waals surface area contributed by atoms with Crippen molar-refractivity contribution in [3.05, 3.63) is 137 Å². The zero-order chi connectivity index (χ0) is 30.9. The summed E-state index contributed by atoms with van der Waals surface area (Å²) in [7, 11) is 0. The molecule has 0 spiro atoms. The van der Waals surface area contributed by atoms with Crippen LogP contribution in [0.5, 0.6) is 0 Å². The number of allylic oxidation sites excluding steroid dienone is 4. The van der Waals surface area contributed by atoms with Crippen LogP contribution < -0.4 is 9.80 Å². The quantitative estimate of drug-likeness (QED) is 0.211. The minimum absolute atomic E-state index is 0.0319. The molecule has 0 saturated heterocycles. The average molecular weight is 587 g/mol. The topological polar surface area (TPSA) is 32.3 Å². The smallest absolute Gasteiger partial charge is 0.146 e. The minimum atomic E-state index is -0.217. The molecule has 0 fully saturated rings. The van der Waals surface area contributed by atoms with Crippen LogP contribution in [0.15, 0.2) is 115 Å². The van der Waals surface area contributed by atoms with Gasteiger partial charge in [-0.05, 0) is 70.0 Å². The fourth-order valence-electron chi connectivity index (χ4n) is 8.86. The van der Waals surface area contributed by atoms with Crippen LogP contribution in [0.25, 0.3) is 10.8 Å². The molecule has 1 aliphatic carbocycles. The third-order valence-electron chi connectivity index (χ3n) is 11.3. The van der Waals surface area contributed by atoms with E-state index >= 15 is 0 Å². The molecule has 3 aromatic carbocycles. The fraction of sp³-hybridized carbons (Fsp3) is 0.268. The Labute approximate surface area is 265 Å². The van der Waals surface area contributed by atoms with Gasteiger partial charge in [0.25, 0.3) is 0 Å². The number of nitrogens with zero attached hydrogens (tertiary/aromatic N) is 4. The van der Waals surface area contributed by atoms with E-state index in [-0.39, 0.29) is 16.2 Å². The van der Waals surface area contributed by atoms with E-state index in [1.807, 2.05) is 18.5 Å². The van der Waals surface area contributed by atoms with Crippen LogP contribution in [0, 0.1) is 5.92 Å². The van der Waals surface area contributed by atoms with Crippen LogP contribution in [-0.4, -0.2) is 9.97 Å². The van der Waals surface area contributed by atoms with Gasteiger partial charge in [-0.15, -0.1) is 0 Å². The summed E-state index contributed by atoms with van der Waals surface area (Å²) >= 11 is 0. The molecule has 0 saturated carbocycles. The van der Waals surface area contributed by atoms with Gasteiger partial charge in [0.1, 0.15) is 11.6 Å². The van der Waals surface area contributed by atoms with Crippen LogP contribution in [0.3, 0.4) is 0 Å². The zero-order valence-electron chi connectivity index (χ0n) is 26.9. The monoisotopic (exact) mass is 586 g/mol. The predicted molar refractivity (Wildman–Crippen MR) is 185 cm³/mol. The Morgan fingerprint density at radius 3 is 2.24 bits per heavy atom. The van der Waals surface area contributed by atoms with E-state index in [0.29, 0.717) is 5.92 Å². The highest BCUT2D eigenvalue weighted by Gasteiger charge is 2.55. The van der Waals surface area contributed by atoms with Gasteiger partial charge in [0, 0.05) is 51.3 Å². The van der Waals surface area contributed by atoms with E-state index in [9.17, 15) is 0 Å². The van der Waals surface area contributed by atoms with Gasteiger partial charge < -0.3 is 4.90 Å². The van der Waals surface area contributed by atoms with Crippen molar-refractivity contribution >= 4 is 39.5 Å². The molecule has 0 bridgehead atoms. The normalized spacial score (nSPS) is 20.7. The molecular formula is C41H38N4. The lowest BCUT2D eigenvalue weighted by atomic mass is 9.57. The second kappa shape index (κ2) is 8.72. The van der Waals surface area contributed by atoms with Crippen molar-refractivity contribution in [2.45, 2.75) is 64.2 Å². The molecule has 1 unspecified atom stereocenters. The van der Waals surface area contributed by atoms with E-state index in [0.717, 1.165) is 34.5 Å². The predicted octanol–water partition coefficient (Wildman–Crippen LogP) is 10.3. The van der Waals surface area contributed by atoms with E-state index in [1.54, 1.807) is 0 Å². The van der Waals surface area contributed by atoms with E-state index in [2.05, 4.69) is 136 Å².